The number of aryl methyl sites for hydroxylation is 1. The number of amides is 2. The van der Waals surface area contributed by atoms with Gasteiger partial charge in [0.05, 0.1) is 41.6 Å². The molecule has 2 heterocycles. The molecule has 200 valence electrons. The van der Waals surface area contributed by atoms with Crippen molar-refractivity contribution < 1.29 is 22.4 Å². The number of nitrogens with zero attached hydrogens (tertiary/aromatic N) is 3. The molecule has 3 aromatic rings. The van der Waals surface area contributed by atoms with Crippen molar-refractivity contribution in [2.24, 2.45) is 0 Å². The molecule has 0 aliphatic rings. The van der Waals surface area contributed by atoms with Crippen molar-refractivity contribution in [3.63, 3.8) is 0 Å². The Hall–Kier alpha value is -2.89. The lowest BCUT2D eigenvalue weighted by atomic mass is 10.2. The van der Waals surface area contributed by atoms with Crippen molar-refractivity contribution in [2.45, 2.75) is 65.2 Å². The van der Waals surface area contributed by atoms with Crippen LogP contribution in [0.2, 0.25) is 23.2 Å². The van der Waals surface area contributed by atoms with Gasteiger partial charge in [-0.3, -0.25) is 4.98 Å². The lowest BCUT2D eigenvalue weighted by Crippen LogP contribution is -2.40. The maximum Gasteiger partial charge on any atom is 0.435 e. The summed E-state index contributed by atoms with van der Waals surface area (Å²) in [4.78, 5) is 17.1. The molecule has 7 nitrogen and oxygen atoms in total. The van der Waals surface area contributed by atoms with E-state index in [1.807, 2.05) is 0 Å². The number of hydrogen-bond acceptors (Lipinski definition) is 4. The SMILES string of the molecule is Cc1nc(CO[Si](C)(C)C(C)(C)C)ccc1NC(=O)NCc1cc(C(F)(F)F)nn1-c1cccc(Cl)c1. The molecule has 0 saturated heterocycles. The molecule has 2 amide bonds. The fourth-order valence-corrected chi connectivity index (χ4v) is 4.28. The van der Waals surface area contributed by atoms with Crippen LogP contribution in [0, 0.1) is 6.92 Å². The third-order valence-electron chi connectivity index (χ3n) is 6.34. The van der Waals surface area contributed by atoms with E-state index in [1.165, 1.54) is 6.07 Å². The highest BCUT2D eigenvalue weighted by atomic mass is 35.5. The summed E-state index contributed by atoms with van der Waals surface area (Å²) in [5, 5.41) is 9.37. The third-order valence-corrected chi connectivity index (χ3v) is 11.0. The Labute approximate surface area is 220 Å². The first-order valence-corrected chi connectivity index (χ1v) is 14.9. The maximum absolute atomic E-state index is 13.3. The maximum atomic E-state index is 13.3. The fourth-order valence-electron chi connectivity index (χ4n) is 3.15. The van der Waals surface area contributed by atoms with E-state index in [0.717, 1.165) is 16.4 Å². The van der Waals surface area contributed by atoms with Gasteiger partial charge < -0.3 is 15.1 Å². The van der Waals surface area contributed by atoms with Crippen molar-refractivity contribution in [1.29, 1.82) is 0 Å². The molecule has 0 saturated carbocycles. The lowest BCUT2D eigenvalue weighted by molar-refractivity contribution is -0.141. The molecule has 0 unspecified atom stereocenters. The van der Waals surface area contributed by atoms with Crippen LogP contribution in [0.4, 0.5) is 23.7 Å². The Morgan fingerprint density at radius 2 is 1.84 bits per heavy atom. The number of benzene rings is 1. The standard InChI is InChI=1S/C25H31ClF3N5O2Si/c1-16-21(11-10-18(31-16)15-36-37(5,6)24(2,3)4)32-23(35)30-14-20-13-22(25(27,28)29)33-34(20)19-9-7-8-17(26)12-19/h7-13H,14-15H2,1-6H3,(H2,30,32,35). The van der Waals surface area contributed by atoms with Crippen LogP contribution in [0.3, 0.4) is 0 Å². The number of carbonyl (C=O) groups excluding carboxylic acids is 1. The summed E-state index contributed by atoms with van der Waals surface area (Å²) < 4.78 is 47.2. The zero-order valence-electron chi connectivity index (χ0n) is 21.6. The molecule has 12 heteroatoms. The minimum Gasteiger partial charge on any atom is -0.411 e. The molecule has 1 aromatic carbocycles. The van der Waals surface area contributed by atoms with E-state index in [0.29, 0.717) is 28.7 Å². The van der Waals surface area contributed by atoms with Crippen LogP contribution >= 0.6 is 11.6 Å². The summed E-state index contributed by atoms with van der Waals surface area (Å²) in [5.74, 6) is 0. The summed E-state index contributed by atoms with van der Waals surface area (Å²) in [6.07, 6.45) is -4.64. The van der Waals surface area contributed by atoms with Crippen LogP contribution in [0.15, 0.2) is 42.5 Å². The summed E-state index contributed by atoms with van der Waals surface area (Å²) in [5.41, 5.74) is 1.23. The van der Waals surface area contributed by atoms with Crippen molar-refractivity contribution >= 4 is 31.6 Å². The molecule has 0 fully saturated rings. The molecule has 3 rings (SSSR count). The number of pyridine rings is 1. The normalized spacial score (nSPS) is 12.5. The molecule has 0 atom stereocenters. The van der Waals surface area contributed by atoms with Gasteiger partial charge in [-0.1, -0.05) is 38.4 Å². The second-order valence-corrected chi connectivity index (χ2v) is 15.4. The molecule has 37 heavy (non-hydrogen) atoms. The first-order valence-electron chi connectivity index (χ1n) is 11.6. The van der Waals surface area contributed by atoms with Crippen LogP contribution in [-0.4, -0.2) is 29.1 Å². The first-order chi connectivity index (χ1) is 17.1. The van der Waals surface area contributed by atoms with Crippen LogP contribution in [0.1, 0.15) is 43.5 Å². The number of anilines is 1. The lowest BCUT2D eigenvalue weighted by Gasteiger charge is -2.36. The zero-order valence-corrected chi connectivity index (χ0v) is 23.4. The van der Waals surface area contributed by atoms with Gasteiger partial charge in [-0.2, -0.15) is 18.3 Å². The number of carbonyl (C=O) groups is 1. The number of rotatable bonds is 7. The summed E-state index contributed by atoms with van der Waals surface area (Å²) in [6, 6.07) is 10.1. The summed E-state index contributed by atoms with van der Waals surface area (Å²) >= 11 is 5.99. The molecule has 0 radical (unpaired) electrons. The van der Waals surface area contributed by atoms with Gasteiger partial charge in [0.2, 0.25) is 0 Å². The average Bonchev–Trinajstić information content (AvgIpc) is 3.22. The second-order valence-electron chi connectivity index (χ2n) is 10.2. The van der Waals surface area contributed by atoms with E-state index >= 15 is 0 Å². The van der Waals surface area contributed by atoms with Crippen LogP contribution in [0.25, 0.3) is 5.69 Å². The number of urea groups is 1. The van der Waals surface area contributed by atoms with Crippen molar-refractivity contribution in [3.8, 4) is 5.69 Å². The number of hydrogen-bond donors (Lipinski definition) is 2. The van der Waals surface area contributed by atoms with Crippen LogP contribution in [0.5, 0.6) is 0 Å². The van der Waals surface area contributed by atoms with Crippen LogP contribution < -0.4 is 10.6 Å². The molecular weight excluding hydrogens is 523 g/mol. The predicted octanol–water partition coefficient (Wildman–Crippen LogP) is 7.09. The molecule has 2 N–H and O–H groups in total. The minimum absolute atomic E-state index is 0.0741. The monoisotopic (exact) mass is 553 g/mol. The highest BCUT2D eigenvalue weighted by Crippen LogP contribution is 2.37. The second kappa shape index (κ2) is 10.8. The number of aromatic nitrogens is 3. The van der Waals surface area contributed by atoms with Gasteiger partial charge >= 0.3 is 12.2 Å². The number of alkyl halides is 3. The van der Waals surface area contributed by atoms with Crippen molar-refractivity contribution in [1.82, 2.24) is 20.1 Å². The average molecular weight is 554 g/mol. The Balaban J connectivity index is 1.68. The fraction of sp³-hybridized carbons (Fsp3) is 0.400. The molecule has 0 aliphatic heterocycles. The van der Waals surface area contributed by atoms with Gasteiger partial charge in [0.15, 0.2) is 14.0 Å². The Bertz CT molecular complexity index is 1270. The predicted molar refractivity (Wildman–Crippen MR) is 140 cm³/mol. The Kier molecular flexibility index (Phi) is 8.40. The van der Waals surface area contributed by atoms with Gasteiger partial charge in [0, 0.05) is 5.02 Å². The van der Waals surface area contributed by atoms with Gasteiger partial charge in [-0.15, -0.1) is 0 Å². The molecule has 0 aliphatic carbocycles. The van der Waals surface area contributed by atoms with E-state index in [2.05, 4.69) is 54.6 Å². The van der Waals surface area contributed by atoms with Gasteiger partial charge in [0.1, 0.15) is 0 Å². The number of nitrogens with one attached hydrogen (secondary N) is 2. The first kappa shape index (κ1) is 28.7. The largest absolute Gasteiger partial charge is 0.435 e. The quantitative estimate of drug-likeness (QED) is 0.306. The highest BCUT2D eigenvalue weighted by molar-refractivity contribution is 6.74. The van der Waals surface area contributed by atoms with E-state index in [1.54, 1.807) is 37.3 Å². The number of halogens is 4. The Morgan fingerprint density at radius 1 is 1.14 bits per heavy atom. The van der Waals surface area contributed by atoms with E-state index in [4.69, 9.17) is 16.0 Å². The van der Waals surface area contributed by atoms with E-state index in [9.17, 15) is 18.0 Å². The Morgan fingerprint density at radius 3 is 2.43 bits per heavy atom. The topological polar surface area (TPSA) is 81.1 Å². The van der Waals surface area contributed by atoms with Gasteiger partial charge in [-0.05, 0) is 61.5 Å². The minimum atomic E-state index is -4.64. The van der Waals surface area contributed by atoms with E-state index in [-0.39, 0.29) is 17.3 Å². The van der Waals surface area contributed by atoms with Crippen molar-refractivity contribution in [2.75, 3.05) is 5.32 Å². The molecule has 2 aromatic heterocycles. The molecule has 0 bridgehead atoms. The van der Waals surface area contributed by atoms with E-state index < -0.39 is 26.2 Å². The third kappa shape index (κ3) is 7.33. The highest BCUT2D eigenvalue weighted by Gasteiger charge is 2.37. The summed E-state index contributed by atoms with van der Waals surface area (Å²) in [6.45, 7) is 12.7. The molecule has 0 spiro atoms. The van der Waals surface area contributed by atoms with Gasteiger partial charge in [0.25, 0.3) is 0 Å². The zero-order chi connectivity index (χ0) is 27.6. The van der Waals surface area contributed by atoms with Crippen LogP contribution in [-0.2, 0) is 23.8 Å². The molecular formula is C25H31ClF3N5O2Si. The summed E-state index contributed by atoms with van der Waals surface area (Å²) in [7, 11) is -1.94. The van der Waals surface area contributed by atoms with Gasteiger partial charge in [-0.25, -0.2) is 9.48 Å². The van der Waals surface area contributed by atoms with Crippen molar-refractivity contribution in [3.05, 3.63) is 70.3 Å². The smallest absolute Gasteiger partial charge is 0.411 e.